The zero-order chi connectivity index (χ0) is 15.2. The summed E-state index contributed by atoms with van der Waals surface area (Å²) >= 11 is 11.6. The molecule has 1 aromatic carbocycles. The first kappa shape index (κ1) is 14.5. The van der Waals surface area contributed by atoms with Gasteiger partial charge in [0.25, 0.3) is 0 Å². The van der Waals surface area contributed by atoms with E-state index in [1.807, 2.05) is 24.0 Å². The fraction of sp³-hybridized carbons (Fsp3) is 0.400. The third-order valence-corrected chi connectivity index (χ3v) is 4.53. The summed E-state index contributed by atoms with van der Waals surface area (Å²) in [6, 6.07) is 3.74. The van der Waals surface area contributed by atoms with Crippen LogP contribution in [0.1, 0.15) is 24.9 Å². The van der Waals surface area contributed by atoms with Gasteiger partial charge < -0.3 is 19.7 Å². The topological polar surface area (TPSA) is 33.7 Å². The van der Waals surface area contributed by atoms with Gasteiger partial charge in [-0.1, -0.05) is 17.7 Å². The van der Waals surface area contributed by atoms with Crippen LogP contribution < -0.4 is 14.8 Å². The van der Waals surface area contributed by atoms with Crippen molar-refractivity contribution < 1.29 is 9.47 Å². The molecule has 2 bridgehead atoms. The normalized spacial score (nSPS) is 26.5. The molecule has 4 nitrogen and oxygen atoms in total. The quantitative estimate of drug-likeness (QED) is 0.682. The molecule has 0 aromatic heterocycles. The summed E-state index contributed by atoms with van der Waals surface area (Å²) in [6.07, 6.45) is 2.59. The Morgan fingerprint density at radius 2 is 2.43 bits per heavy atom. The van der Waals surface area contributed by atoms with Gasteiger partial charge >= 0.3 is 0 Å². The number of hydrogen-bond acceptors (Lipinski definition) is 3. The minimum absolute atomic E-state index is 0.0694. The number of nitrogens with one attached hydrogen (secondary N) is 1. The Morgan fingerprint density at radius 1 is 1.67 bits per heavy atom. The Hall–Kier alpha value is -1.46. The third kappa shape index (κ3) is 2.24. The predicted molar refractivity (Wildman–Crippen MR) is 87.0 cm³/mol. The molecule has 1 N–H and O–H groups in total. The van der Waals surface area contributed by atoms with Crippen LogP contribution in [0.25, 0.3) is 0 Å². The number of benzene rings is 1. The lowest BCUT2D eigenvalue weighted by Gasteiger charge is -2.52. The number of ether oxygens (including phenoxy) is 2. The van der Waals surface area contributed by atoms with Gasteiger partial charge in [-0.2, -0.15) is 0 Å². The molecule has 0 amide bonds. The molecule has 2 heterocycles. The molecule has 0 saturated carbocycles. The van der Waals surface area contributed by atoms with Gasteiger partial charge in [0, 0.05) is 29.6 Å². The first-order valence-electron chi connectivity index (χ1n) is 6.74. The Morgan fingerprint density at radius 3 is 3.10 bits per heavy atom. The van der Waals surface area contributed by atoms with Crippen LogP contribution in [-0.2, 0) is 0 Å². The lowest BCUT2D eigenvalue weighted by molar-refractivity contribution is -0.0646. The Kier molecular flexibility index (Phi) is 3.50. The first-order valence-corrected chi connectivity index (χ1v) is 7.52. The molecule has 1 fully saturated rings. The van der Waals surface area contributed by atoms with Gasteiger partial charge in [-0.15, -0.1) is 6.58 Å². The predicted octanol–water partition coefficient (Wildman–Crippen LogP) is 3.26. The van der Waals surface area contributed by atoms with Crippen LogP contribution in [0.4, 0.5) is 0 Å². The van der Waals surface area contributed by atoms with E-state index in [0.29, 0.717) is 22.4 Å². The van der Waals surface area contributed by atoms with Crippen LogP contribution in [-0.4, -0.2) is 29.4 Å². The van der Waals surface area contributed by atoms with Gasteiger partial charge in [0.15, 0.2) is 22.3 Å². The molecule has 0 aliphatic carbocycles. The molecule has 0 radical (unpaired) electrons. The zero-order valence-electron chi connectivity index (χ0n) is 12.0. The molecule has 21 heavy (non-hydrogen) atoms. The van der Waals surface area contributed by atoms with Gasteiger partial charge in [0.05, 0.1) is 13.2 Å². The van der Waals surface area contributed by atoms with E-state index in [4.69, 9.17) is 33.3 Å². The highest BCUT2D eigenvalue weighted by atomic mass is 35.5. The lowest BCUT2D eigenvalue weighted by atomic mass is 9.90. The van der Waals surface area contributed by atoms with E-state index in [-0.39, 0.29) is 6.04 Å². The minimum atomic E-state index is -0.519. The summed E-state index contributed by atoms with van der Waals surface area (Å²) in [7, 11) is 1.61. The van der Waals surface area contributed by atoms with Crippen molar-refractivity contribution >= 4 is 28.9 Å². The standard InChI is InChI=1S/C15H17ClN2O2S/c1-4-5-18-14(21)17-11-8-15(18,2)20-13-10(11)6-9(16)7-12(13)19-3/h4,6-7,11H,1,5,8H2,2-3H3,(H,17,21). The van der Waals surface area contributed by atoms with E-state index in [2.05, 4.69) is 11.9 Å². The monoisotopic (exact) mass is 324 g/mol. The second-order valence-corrected chi connectivity index (χ2v) is 6.23. The molecule has 6 heteroatoms. The summed E-state index contributed by atoms with van der Waals surface area (Å²) < 4.78 is 11.7. The van der Waals surface area contributed by atoms with Gasteiger partial charge in [0.1, 0.15) is 0 Å². The van der Waals surface area contributed by atoms with Crippen LogP contribution in [0.2, 0.25) is 5.02 Å². The summed E-state index contributed by atoms with van der Waals surface area (Å²) in [5.74, 6) is 1.37. The Balaban J connectivity index is 2.11. The highest BCUT2D eigenvalue weighted by Crippen LogP contribution is 2.49. The number of fused-ring (bicyclic) bond motifs is 4. The van der Waals surface area contributed by atoms with Crippen LogP contribution in [0.3, 0.4) is 0 Å². The van der Waals surface area contributed by atoms with Crippen LogP contribution in [0.15, 0.2) is 24.8 Å². The highest BCUT2D eigenvalue weighted by molar-refractivity contribution is 7.80. The van der Waals surface area contributed by atoms with Gasteiger partial charge in [-0.05, 0) is 25.2 Å². The van der Waals surface area contributed by atoms with Crippen molar-refractivity contribution in [2.75, 3.05) is 13.7 Å². The van der Waals surface area contributed by atoms with Crippen LogP contribution in [0, 0.1) is 0 Å². The molecule has 2 aliphatic heterocycles. The van der Waals surface area contributed by atoms with Crippen LogP contribution in [0.5, 0.6) is 11.5 Å². The van der Waals surface area contributed by atoms with Gasteiger partial charge in [-0.3, -0.25) is 0 Å². The second kappa shape index (κ2) is 5.07. The summed E-state index contributed by atoms with van der Waals surface area (Å²) in [4.78, 5) is 2.00. The Labute approximate surface area is 134 Å². The average Bonchev–Trinajstić information content (AvgIpc) is 2.43. The molecule has 2 aliphatic rings. The van der Waals surface area contributed by atoms with Crippen molar-refractivity contribution in [2.24, 2.45) is 0 Å². The molecule has 3 rings (SSSR count). The largest absolute Gasteiger partial charge is 0.493 e. The second-order valence-electron chi connectivity index (χ2n) is 5.41. The molecule has 1 saturated heterocycles. The summed E-state index contributed by atoms with van der Waals surface area (Å²) in [5, 5.41) is 4.65. The molecular weight excluding hydrogens is 308 g/mol. The molecule has 2 atom stereocenters. The third-order valence-electron chi connectivity index (χ3n) is 3.97. The van der Waals surface area contributed by atoms with Gasteiger partial charge in [0.2, 0.25) is 0 Å². The molecule has 2 unspecified atom stereocenters. The molecule has 112 valence electrons. The Bertz CT molecular complexity index is 622. The van der Waals surface area contributed by atoms with E-state index in [0.717, 1.165) is 17.7 Å². The fourth-order valence-electron chi connectivity index (χ4n) is 3.00. The number of thiocarbonyl (C=S) groups is 1. The number of methoxy groups -OCH3 is 1. The first-order chi connectivity index (χ1) is 9.98. The van der Waals surface area contributed by atoms with E-state index in [9.17, 15) is 0 Å². The van der Waals surface area contributed by atoms with Crippen molar-refractivity contribution in [3.05, 3.63) is 35.4 Å². The maximum atomic E-state index is 6.27. The van der Waals surface area contributed by atoms with E-state index in [1.54, 1.807) is 13.2 Å². The lowest BCUT2D eigenvalue weighted by Crippen LogP contribution is -2.64. The van der Waals surface area contributed by atoms with E-state index in [1.165, 1.54) is 0 Å². The SMILES string of the molecule is C=CCN1C(=S)NC2CC1(C)Oc1c(OC)cc(Cl)cc12. The summed E-state index contributed by atoms with van der Waals surface area (Å²) in [6.45, 7) is 6.45. The number of halogens is 1. The van der Waals surface area contributed by atoms with Crippen molar-refractivity contribution in [1.29, 1.82) is 0 Å². The maximum Gasteiger partial charge on any atom is 0.184 e. The van der Waals surface area contributed by atoms with E-state index >= 15 is 0 Å². The van der Waals surface area contributed by atoms with Crippen molar-refractivity contribution in [2.45, 2.75) is 25.1 Å². The summed E-state index contributed by atoms with van der Waals surface area (Å²) in [5.41, 5.74) is 0.465. The number of rotatable bonds is 3. The van der Waals surface area contributed by atoms with Crippen molar-refractivity contribution in [3.8, 4) is 11.5 Å². The smallest absolute Gasteiger partial charge is 0.184 e. The number of hydrogen-bond donors (Lipinski definition) is 1. The zero-order valence-corrected chi connectivity index (χ0v) is 13.6. The maximum absolute atomic E-state index is 6.27. The fourth-order valence-corrected chi connectivity index (χ4v) is 3.63. The molecule has 1 aromatic rings. The average molecular weight is 325 g/mol. The van der Waals surface area contributed by atoms with Crippen LogP contribution >= 0.6 is 23.8 Å². The van der Waals surface area contributed by atoms with E-state index < -0.39 is 5.72 Å². The number of nitrogens with zero attached hydrogens (tertiary/aromatic N) is 1. The minimum Gasteiger partial charge on any atom is -0.493 e. The highest BCUT2D eigenvalue weighted by Gasteiger charge is 2.48. The van der Waals surface area contributed by atoms with Crippen molar-refractivity contribution in [3.63, 3.8) is 0 Å². The molecule has 0 spiro atoms. The van der Waals surface area contributed by atoms with Gasteiger partial charge in [-0.25, -0.2) is 0 Å². The molecular formula is C15H17ClN2O2S. The van der Waals surface area contributed by atoms with Crippen molar-refractivity contribution in [1.82, 2.24) is 10.2 Å².